The number of anilines is 1. The van der Waals surface area contributed by atoms with Crippen molar-refractivity contribution in [2.45, 2.75) is 31.3 Å². The Hall–Kier alpha value is -1.21. The molecule has 17 heavy (non-hydrogen) atoms. The smallest absolute Gasteiger partial charge is 0.311 e. The Bertz CT molecular complexity index is 440. The van der Waals surface area contributed by atoms with Crippen molar-refractivity contribution < 1.29 is 4.92 Å². The molecule has 0 amide bonds. The van der Waals surface area contributed by atoms with Gasteiger partial charge in [-0.15, -0.1) is 0 Å². The lowest BCUT2D eigenvalue weighted by molar-refractivity contribution is -0.384. The summed E-state index contributed by atoms with van der Waals surface area (Å²) in [5, 5.41) is 14.1. The normalized spacial score (nSPS) is 23.6. The third kappa shape index (κ3) is 2.55. The summed E-state index contributed by atoms with van der Waals surface area (Å²) in [6.45, 7) is 0. The first kappa shape index (κ1) is 12.3. The highest BCUT2D eigenvalue weighted by molar-refractivity contribution is 9.10. The molecule has 2 atom stereocenters. The fourth-order valence-electron chi connectivity index (χ4n) is 2.06. The minimum Gasteiger partial charge on any atom is -0.374 e. The highest BCUT2D eigenvalue weighted by Crippen LogP contribution is 2.33. The third-order valence-electron chi connectivity index (χ3n) is 2.98. The highest BCUT2D eigenvalue weighted by atomic mass is 79.9. The maximum Gasteiger partial charge on any atom is 0.311 e. The van der Waals surface area contributed by atoms with Crippen LogP contribution in [0.15, 0.2) is 16.9 Å². The molecule has 1 fully saturated rings. The molecule has 6 nitrogen and oxygen atoms in total. The predicted octanol–water partition coefficient (Wildman–Crippen LogP) is 2.04. The average Bonchev–Trinajstić information content (AvgIpc) is 2.67. The first-order valence-corrected chi connectivity index (χ1v) is 6.19. The molecule has 0 aromatic carbocycles. The van der Waals surface area contributed by atoms with Gasteiger partial charge in [-0.2, -0.15) is 0 Å². The van der Waals surface area contributed by atoms with Crippen molar-refractivity contribution in [3.05, 3.63) is 27.0 Å². The van der Waals surface area contributed by atoms with Crippen LogP contribution in [-0.4, -0.2) is 22.0 Å². The molecule has 2 unspecified atom stereocenters. The summed E-state index contributed by atoms with van der Waals surface area (Å²) in [6.07, 6.45) is 5.72. The van der Waals surface area contributed by atoms with Gasteiger partial charge in [-0.25, -0.2) is 0 Å². The molecule has 1 aromatic heterocycles. The molecule has 3 N–H and O–H groups in total. The number of nitrogens with two attached hydrogens (primary N) is 1. The van der Waals surface area contributed by atoms with Crippen LogP contribution in [0.5, 0.6) is 0 Å². The lowest BCUT2D eigenvalue weighted by atomic mass is 10.2. The maximum atomic E-state index is 10.9. The van der Waals surface area contributed by atoms with Crippen LogP contribution < -0.4 is 11.1 Å². The van der Waals surface area contributed by atoms with Crippen LogP contribution in [0, 0.1) is 10.1 Å². The topological polar surface area (TPSA) is 94.1 Å². The minimum atomic E-state index is -0.444. The molecule has 1 aliphatic carbocycles. The standard InChI is InChI=1S/C10H13BrN4O2/c11-6-4-13-5-9(15(16)17)10(6)14-8-3-1-2-7(8)12/h4-5,7-8H,1-3,12H2,(H,13,14). The Morgan fingerprint density at radius 2 is 2.29 bits per heavy atom. The predicted molar refractivity (Wildman–Crippen MR) is 67.8 cm³/mol. The van der Waals surface area contributed by atoms with Crippen LogP contribution >= 0.6 is 15.9 Å². The molecule has 0 spiro atoms. The summed E-state index contributed by atoms with van der Waals surface area (Å²) >= 11 is 3.27. The number of nitrogens with one attached hydrogen (secondary N) is 1. The Labute approximate surface area is 107 Å². The lowest BCUT2D eigenvalue weighted by Crippen LogP contribution is -2.35. The number of rotatable bonds is 3. The molecule has 1 aliphatic rings. The number of hydrogen-bond donors (Lipinski definition) is 2. The van der Waals surface area contributed by atoms with Gasteiger partial charge < -0.3 is 11.1 Å². The summed E-state index contributed by atoms with van der Waals surface area (Å²) in [7, 11) is 0. The van der Waals surface area contributed by atoms with Crippen LogP contribution in [-0.2, 0) is 0 Å². The van der Waals surface area contributed by atoms with E-state index in [1.165, 1.54) is 12.4 Å². The van der Waals surface area contributed by atoms with Gasteiger partial charge >= 0.3 is 5.69 Å². The zero-order valence-corrected chi connectivity index (χ0v) is 10.7. The van der Waals surface area contributed by atoms with E-state index in [0.29, 0.717) is 10.2 Å². The molecule has 0 radical (unpaired) electrons. The van der Waals surface area contributed by atoms with Crippen LogP contribution in [0.2, 0.25) is 0 Å². The van der Waals surface area contributed by atoms with E-state index in [2.05, 4.69) is 26.2 Å². The second-order valence-corrected chi connectivity index (χ2v) is 4.97. The van der Waals surface area contributed by atoms with Crippen molar-refractivity contribution in [1.29, 1.82) is 0 Å². The van der Waals surface area contributed by atoms with E-state index in [9.17, 15) is 10.1 Å². The van der Waals surface area contributed by atoms with Crippen molar-refractivity contribution in [2.75, 3.05) is 5.32 Å². The number of pyridine rings is 1. The van der Waals surface area contributed by atoms with Crippen molar-refractivity contribution in [1.82, 2.24) is 4.98 Å². The van der Waals surface area contributed by atoms with Crippen molar-refractivity contribution in [3.8, 4) is 0 Å². The first-order valence-electron chi connectivity index (χ1n) is 5.39. The number of halogens is 1. The second-order valence-electron chi connectivity index (χ2n) is 4.12. The molecule has 0 aliphatic heterocycles. The largest absolute Gasteiger partial charge is 0.374 e. The summed E-state index contributed by atoms with van der Waals surface area (Å²) in [5.41, 5.74) is 6.38. The molecule has 0 saturated heterocycles. The molecule has 0 bridgehead atoms. The molecule has 1 aromatic rings. The Morgan fingerprint density at radius 1 is 1.53 bits per heavy atom. The Morgan fingerprint density at radius 3 is 2.88 bits per heavy atom. The monoisotopic (exact) mass is 300 g/mol. The van der Waals surface area contributed by atoms with Crippen molar-refractivity contribution in [2.24, 2.45) is 5.73 Å². The van der Waals surface area contributed by atoms with Gasteiger partial charge in [0.05, 0.1) is 9.40 Å². The van der Waals surface area contributed by atoms with Gasteiger partial charge in [-0.3, -0.25) is 15.1 Å². The number of nitrogens with zero attached hydrogens (tertiary/aromatic N) is 2. The van der Waals surface area contributed by atoms with Gasteiger partial charge in [0.25, 0.3) is 0 Å². The van der Waals surface area contributed by atoms with Crippen LogP contribution in [0.3, 0.4) is 0 Å². The van der Waals surface area contributed by atoms with Gasteiger partial charge in [0.1, 0.15) is 11.9 Å². The Kier molecular flexibility index (Phi) is 3.58. The van der Waals surface area contributed by atoms with E-state index in [-0.39, 0.29) is 17.8 Å². The van der Waals surface area contributed by atoms with Gasteiger partial charge in [-0.1, -0.05) is 0 Å². The van der Waals surface area contributed by atoms with E-state index >= 15 is 0 Å². The van der Waals surface area contributed by atoms with Crippen LogP contribution in [0.25, 0.3) is 0 Å². The van der Waals surface area contributed by atoms with E-state index in [4.69, 9.17) is 5.73 Å². The average molecular weight is 301 g/mol. The zero-order chi connectivity index (χ0) is 12.4. The lowest BCUT2D eigenvalue weighted by Gasteiger charge is -2.19. The molecule has 1 heterocycles. The SMILES string of the molecule is NC1CCCC1Nc1c(Br)cncc1[N+](=O)[O-]. The van der Waals surface area contributed by atoms with Gasteiger partial charge in [0.15, 0.2) is 0 Å². The Balaban J connectivity index is 2.27. The molecule has 7 heteroatoms. The number of nitro groups is 1. The molecular weight excluding hydrogens is 288 g/mol. The second kappa shape index (κ2) is 4.97. The summed E-state index contributed by atoms with van der Waals surface area (Å²) < 4.78 is 0.589. The van der Waals surface area contributed by atoms with Crippen LogP contribution in [0.4, 0.5) is 11.4 Å². The summed E-state index contributed by atoms with van der Waals surface area (Å²) in [4.78, 5) is 14.3. The summed E-state index contributed by atoms with van der Waals surface area (Å²) in [6, 6.07) is 0.141. The highest BCUT2D eigenvalue weighted by Gasteiger charge is 2.27. The zero-order valence-electron chi connectivity index (χ0n) is 9.10. The van der Waals surface area contributed by atoms with E-state index in [0.717, 1.165) is 19.3 Å². The van der Waals surface area contributed by atoms with E-state index < -0.39 is 4.92 Å². The fraction of sp³-hybridized carbons (Fsp3) is 0.500. The van der Waals surface area contributed by atoms with E-state index in [1.807, 2.05) is 0 Å². The minimum absolute atomic E-state index is 0.0292. The van der Waals surface area contributed by atoms with Gasteiger partial charge in [0.2, 0.25) is 0 Å². The quantitative estimate of drug-likeness (QED) is 0.658. The van der Waals surface area contributed by atoms with Gasteiger partial charge in [0, 0.05) is 18.3 Å². The molecular formula is C10H13BrN4O2. The van der Waals surface area contributed by atoms with E-state index in [1.54, 1.807) is 0 Å². The molecule has 1 saturated carbocycles. The number of hydrogen-bond acceptors (Lipinski definition) is 5. The van der Waals surface area contributed by atoms with Crippen molar-refractivity contribution >= 4 is 27.3 Å². The first-order chi connectivity index (χ1) is 8.09. The summed E-state index contributed by atoms with van der Waals surface area (Å²) in [5.74, 6) is 0. The number of aromatic nitrogens is 1. The fourth-order valence-corrected chi connectivity index (χ4v) is 2.50. The maximum absolute atomic E-state index is 10.9. The van der Waals surface area contributed by atoms with Crippen LogP contribution in [0.1, 0.15) is 19.3 Å². The molecule has 92 valence electrons. The van der Waals surface area contributed by atoms with Gasteiger partial charge in [-0.05, 0) is 35.2 Å². The molecule has 2 rings (SSSR count). The third-order valence-corrected chi connectivity index (χ3v) is 3.58. The van der Waals surface area contributed by atoms with Crippen molar-refractivity contribution in [3.63, 3.8) is 0 Å².